The molecule has 4 heteroatoms. The highest BCUT2D eigenvalue weighted by Gasteiger charge is 2.28. The van der Waals surface area contributed by atoms with Crippen LogP contribution in [0.2, 0.25) is 0 Å². The van der Waals surface area contributed by atoms with E-state index in [2.05, 4.69) is 21.7 Å². The third-order valence-electron chi connectivity index (χ3n) is 3.88. The van der Waals surface area contributed by atoms with Gasteiger partial charge in [-0.05, 0) is 43.7 Å². The third kappa shape index (κ3) is 2.25. The van der Waals surface area contributed by atoms with E-state index < -0.39 is 0 Å². The molecule has 0 saturated carbocycles. The van der Waals surface area contributed by atoms with Crippen LogP contribution in [0.1, 0.15) is 43.0 Å². The van der Waals surface area contributed by atoms with E-state index in [4.69, 9.17) is 0 Å². The van der Waals surface area contributed by atoms with Crippen molar-refractivity contribution >= 4 is 5.91 Å². The zero-order valence-corrected chi connectivity index (χ0v) is 10.5. The van der Waals surface area contributed by atoms with Crippen LogP contribution in [0, 0.1) is 0 Å². The van der Waals surface area contributed by atoms with Crippen molar-refractivity contribution in [3.05, 3.63) is 29.6 Å². The minimum absolute atomic E-state index is 0.0447. The van der Waals surface area contributed by atoms with Gasteiger partial charge in [-0.1, -0.05) is 6.07 Å². The fraction of sp³-hybridized carbons (Fsp3) is 0.571. The van der Waals surface area contributed by atoms with E-state index in [1.807, 2.05) is 12.3 Å². The summed E-state index contributed by atoms with van der Waals surface area (Å²) in [7, 11) is 0. The van der Waals surface area contributed by atoms with Crippen LogP contribution < -0.4 is 10.6 Å². The van der Waals surface area contributed by atoms with E-state index in [1.54, 1.807) is 0 Å². The summed E-state index contributed by atoms with van der Waals surface area (Å²) in [5, 5.41) is 6.41. The van der Waals surface area contributed by atoms with Crippen molar-refractivity contribution in [1.29, 1.82) is 0 Å². The minimum atomic E-state index is -0.0447. The summed E-state index contributed by atoms with van der Waals surface area (Å²) in [5.41, 5.74) is 2.47. The van der Waals surface area contributed by atoms with Gasteiger partial charge in [-0.25, -0.2) is 0 Å². The summed E-state index contributed by atoms with van der Waals surface area (Å²) >= 11 is 0. The number of hydrogen-bond acceptors (Lipinski definition) is 3. The Labute approximate surface area is 107 Å². The first kappa shape index (κ1) is 11.7. The number of amides is 1. The van der Waals surface area contributed by atoms with Crippen molar-refractivity contribution in [2.75, 3.05) is 6.54 Å². The largest absolute Gasteiger partial charge is 0.355 e. The molecule has 2 heterocycles. The molecule has 0 spiro atoms. The van der Waals surface area contributed by atoms with Crippen LogP contribution in [-0.4, -0.2) is 23.5 Å². The maximum Gasteiger partial charge on any atom is 0.237 e. The molecule has 2 unspecified atom stereocenters. The zero-order chi connectivity index (χ0) is 12.4. The minimum Gasteiger partial charge on any atom is -0.355 e. The Morgan fingerprint density at radius 1 is 1.28 bits per heavy atom. The number of carbonyl (C=O) groups is 1. The summed E-state index contributed by atoms with van der Waals surface area (Å²) in [6, 6.07) is 4.34. The quantitative estimate of drug-likeness (QED) is 0.826. The predicted octanol–water partition coefficient (Wildman–Crippen LogP) is 1.33. The van der Waals surface area contributed by atoms with Crippen LogP contribution in [0.3, 0.4) is 0 Å². The molecule has 1 aromatic rings. The molecule has 96 valence electrons. The lowest BCUT2D eigenvalue weighted by molar-refractivity contribution is -0.124. The van der Waals surface area contributed by atoms with E-state index in [0.717, 1.165) is 37.9 Å². The van der Waals surface area contributed by atoms with Crippen molar-refractivity contribution in [1.82, 2.24) is 15.6 Å². The fourth-order valence-corrected chi connectivity index (χ4v) is 2.95. The molecule has 3 rings (SSSR count). The van der Waals surface area contributed by atoms with Gasteiger partial charge in [0.25, 0.3) is 0 Å². The van der Waals surface area contributed by atoms with Gasteiger partial charge in [0, 0.05) is 12.7 Å². The lowest BCUT2D eigenvalue weighted by Gasteiger charge is -2.31. The molecule has 1 aliphatic carbocycles. The number of carbonyl (C=O) groups excluding carboxylic acids is 1. The van der Waals surface area contributed by atoms with Gasteiger partial charge >= 0.3 is 0 Å². The van der Waals surface area contributed by atoms with Crippen molar-refractivity contribution in [3.8, 4) is 0 Å². The Hall–Kier alpha value is -1.42. The summed E-state index contributed by atoms with van der Waals surface area (Å²) in [6.45, 7) is 0.816. The second-order valence-corrected chi connectivity index (χ2v) is 5.15. The molecule has 0 bridgehead atoms. The van der Waals surface area contributed by atoms with E-state index in [1.165, 1.54) is 12.0 Å². The monoisotopic (exact) mass is 245 g/mol. The van der Waals surface area contributed by atoms with E-state index in [0.29, 0.717) is 0 Å². The fourth-order valence-electron chi connectivity index (χ4n) is 2.95. The standard InChI is InChI=1S/C14H19N3O/c18-14-12(7-3-9-16-14)17-11-6-1-4-10-5-2-8-15-13(10)11/h2,5,8,11-12,17H,1,3-4,6-7,9H2,(H,16,18). The van der Waals surface area contributed by atoms with Crippen molar-refractivity contribution in [2.45, 2.75) is 44.2 Å². The second-order valence-electron chi connectivity index (χ2n) is 5.15. The number of hydrogen-bond donors (Lipinski definition) is 2. The first-order chi connectivity index (χ1) is 8.84. The van der Waals surface area contributed by atoms with Crippen LogP contribution in [0.4, 0.5) is 0 Å². The lowest BCUT2D eigenvalue weighted by Crippen LogP contribution is -2.49. The molecule has 1 saturated heterocycles. The average molecular weight is 245 g/mol. The molecule has 0 radical (unpaired) electrons. The number of fused-ring (bicyclic) bond motifs is 1. The van der Waals surface area contributed by atoms with Crippen LogP contribution in [0.15, 0.2) is 18.3 Å². The Balaban J connectivity index is 1.75. The van der Waals surface area contributed by atoms with Gasteiger partial charge in [0.1, 0.15) is 0 Å². The third-order valence-corrected chi connectivity index (χ3v) is 3.88. The molecule has 1 aromatic heterocycles. The van der Waals surface area contributed by atoms with E-state index in [9.17, 15) is 4.79 Å². The van der Waals surface area contributed by atoms with Crippen LogP contribution >= 0.6 is 0 Å². The predicted molar refractivity (Wildman–Crippen MR) is 69.1 cm³/mol. The van der Waals surface area contributed by atoms with Crippen LogP contribution in [0.5, 0.6) is 0 Å². The number of aryl methyl sites for hydroxylation is 1. The van der Waals surface area contributed by atoms with Gasteiger partial charge in [0.15, 0.2) is 0 Å². The maximum atomic E-state index is 11.8. The van der Waals surface area contributed by atoms with Gasteiger partial charge in [0.05, 0.1) is 17.8 Å². The highest BCUT2D eigenvalue weighted by Crippen LogP contribution is 2.28. The SMILES string of the molecule is O=C1NCCCC1NC1CCCc2cccnc21. The molecule has 1 fully saturated rings. The van der Waals surface area contributed by atoms with Gasteiger partial charge in [-0.2, -0.15) is 0 Å². The van der Waals surface area contributed by atoms with Gasteiger partial charge in [-0.3, -0.25) is 15.1 Å². The topological polar surface area (TPSA) is 54.0 Å². The molecular weight excluding hydrogens is 226 g/mol. The van der Waals surface area contributed by atoms with Crippen molar-refractivity contribution < 1.29 is 4.79 Å². The zero-order valence-electron chi connectivity index (χ0n) is 10.5. The van der Waals surface area contributed by atoms with Gasteiger partial charge < -0.3 is 5.32 Å². The average Bonchev–Trinajstić information content (AvgIpc) is 2.42. The number of nitrogens with one attached hydrogen (secondary N) is 2. The normalized spacial score (nSPS) is 27.4. The Morgan fingerprint density at radius 2 is 2.17 bits per heavy atom. The molecule has 0 aromatic carbocycles. The molecule has 2 atom stereocenters. The number of piperidine rings is 1. The molecule has 2 aliphatic rings. The Bertz CT molecular complexity index is 446. The van der Waals surface area contributed by atoms with E-state index in [-0.39, 0.29) is 18.0 Å². The lowest BCUT2D eigenvalue weighted by atomic mass is 9.91. The smallest absolute Gasteiger partial charge is 0.237 e. The summed E-state index contributed by atoms with van der Waals surface area (Å²) in [6.07, 6.45) is 7.20. The Kier molecular flexibility index (Phi) is 3.28. The molecule has 18 heavy (non-hydrogen) atoms. The van der Waals surface area contributed by atoms with E-state index >= 15 is 0 Å². The van der Waals surface area contributed by atoms with Crippen molar-refractivity contribution in [3.63, 3.8) is 0 Å². The first-order valence-electron chi connectivity index (χ1n) is 6.82. The molecule has 1 aliphatic heterocycles. The molecule has 4 nitrogen and oxygen atoms in total. The molecule has 2 N–H and O–H groups in total. The van der Waals surface area contributed by atoms with Gasteiger partial charge in [-0.15, -0.1) is 0 Å². The van der Waals surface area contributed by atoms with Gasteiger partial charge in [0.2, 0.25) is 5.91 Å². The molecular formula is C14H19N3O. The second kappa shape index (κ2) is 5.06. The maximum absolute atomic E-state index is 11.8. The van der Waals surface area contributed by atoms with Crippen molar-refractivity contribution in [2.24, 2.45) is 0 Å². The number of pyridine rings is 1. The Morgan fingerprint density at radius 3 is 3.06 bits per heavy atom. The number of nitrogens with zero attached hydrogens (tertiary/aromatic N) is 1. The number of aromatic nitrogens is 1. The highest BCUT2D eigenvalue weighted by atomic mass is 16.2. The van der Waals surface area contributed by atoms with Crippen LogP contribution in [-0.2, 0) is 11.2 Å². The molecule has 1 amide bonds. The summed E-state index contributed by atoms with van der Waals surface area (Å²) in [4.78, 5) is 16.3. The number of rotatable bonds is 2. The summed E-state index contributed by atoms with van der Waals surface area (Å²) in [5.74, 6) is 0.143. The first-order valence-corrected chi connectivity index (χ1v) is 6.82. The summed E-state index contributed by atoms with van der Waals surface area (Å²) < 4.78 is 0. The van der Waals surface area contributed by atoms with Crippen LogP contribution in [0.25, 0.3) is 0 Å². The highest BCUT2D eigenvalue weighted by molar-refractivity contribution is 5.82.